The monoisotopic (exact) mass is 348 g/mol. The first-order valence-electron chi connectivity index (χ1n) is 8.19. The number of ether oxygens (including phenoxy) is 1. The molecule has 0 aliphatic heterocycles. The Bertz CT molecular complexity index is 866. The number of nitrogens with one attached hydrogen (secondary N) is 1. The summed E-state index contributed by atoms with van der Waals surface area (Å²) in [7, 11) is 3.52. The van der Waals surface area contributed by atoms with Crippen LogP contribution in [0.4, 0.5) is 11.5 Å². The fraction of sp³-hybridized carbons (Fsp3) is 0.150. The van der Waals surface area contributed by atoms with E-state index in [1.54, 1.807) is 13.2 Å². The third kappa shape index (κ3) is 4.16. The van der Waals surface area contributed by atoms with E-state index in [1.807, 2.05) is 66.5 Å². The van der Waals surface area contributed by atoms with Gasteiger partial charge in [-0.25, -0.2) is 9.97 Å². The molecule has 6 heteroatoms. The Morgan fingerprint density at radius 1 is 1.08 bits per heavy atom. The largest absolute Gasteiger partial charge is 0.497 e. The molecule has 0 unspecified atom stereocenters. The van der Waals surface area contributed by atoms with E-state index in [0.717, 1.165) is 17.0 Å². The van der Waals surface area contributed by atoms with Crippen molar-refractivity contribution in [2.75, 3.05) is 19.1 Å². The second kappa shape index (κ2) is 8.11. The molecule has 0 aliphatic carbocycles. The number of para-hydroxylation sites is 1. The number of anilines is 2. The molecular weight excluding hydrogens is 328 g/mol. The Hall–Kier alpha value is -3.41. The Morgan fingerprint density at radius 2 is 1.81 bits per heavy atom. The van der Waals surface area contributed by atoms with Crippen molar-refractivity contribution in [1.82, 2.24) is 15.3 Å². The SMILES string of the molecule is COc1ccc(CNC(=O)c2cc(N(C)c3ccccc3)ncn2)cc1. The van der Waals surface area contributed by atoms with Gasteiger partial charge >= 0.3 is 0 Å². The lowest BCUT2D eigenvalue weighted by Crippen LogP contribution is -2.24. The van der Waals surface area contributed by atoms with E-state index in [1.165, 1.54) is 6.33 Å². The van der Waals surface area contributed by atoms with E-state index in [2.05, 4.69) is 15.3 Å². The van der Waals surface area contributed by atoms with Gasteiger partial charge in [-0.2, -0.15) is 0 Å². The molecule has 1 heterocycles. The molecule has 0 spiro atoms. The summed E-state index contributed by atoms with van der Waals surface area (Å²) in [5.41, 5.74) is 2.29. The van der Waals surface area contributed by atoms with Crippen LogP contribution in [0, 0.1) is 0 Å². The van der Waals surface area contributed by atoms with Crippen LogP contribution in [-0.2, 0) is 6.54 Å². The normalized spacial score (nSPS) is 10.2. The predicted molar refractivity (Wildman–Crippen MR) is 101 cm³/mol. The number of methoxy groups -OCH3 is 1. The van der Waals surface area contributed by atoms with Gasteiger partial charge in [-0.05, 0) is 29.8 Å². The lowest BCUT2D eigenvalue weighted by atomic mass is 10.2. The maximum absolute atomic E-state index is 12.4. The summed E-state index contributed by atoms with van der Waals surface area (Å²) in [5.74, 6) is 1.19. The minimum absolute atomic E-state index is 0.245. The highest BCUT2D eigenvalue weighted by molar-refractivity contribution is 5.93. The molecule has 0 atom stereocenters. The number of carbonyl (C=O) groups excluding carboxylic acids is 1. The number of carbonyl (C=O) groups is 1. The average Bonchev–Trinajstić information content (AvgIpc) is 2.72. The number of rotatable bonds is 6. The van der Waals surface area contributed by atoms with Gasteiger partial charge in [-0.1, -0.05) is 30.3 Å². The molecule has 0 bridgehead atoms. The van der Waals surface area contributed by atoms with Crippen molar-refractivity contribution in [2.45, 2.75) is 6.54 Å². The van der Waals surface area contributed by atoms with Crippen molar-refractivity contribution in [3.05, 3.63) is 78.2 Å². The fourth-order valence-corrected chi connectivity index (χ4v) is 2.45. The molecule has 0 radical (unpaired) electrons. The third-order valence-electron chi connectivity index (χ3n) is 3.98. The van der Waals surface area contributed by atoms with Crippen molar-refractivity contribution in [1.29, 1.82) is 0 Å². The molecule has 2 aromatic carbocycles. The molecule has 1 N–H and O–H groups in total. The van der Waals surface area contributed by atoms with Crippen molar-refractivity contribution in [3.63, 3.8) is 0 Å². The fourth-order valence-electron chi connectivity index (χ4n) is 2.45. The first-order chi connectivity index (χ1) is 12.7. The van der Waals surface area contributed by atoms with Crippen molar-refractivity contribution in [2.24, 2.45) is 0 Å². The van der Waals surface area contributed by atoms with E-state index < -0.39 is 0 Å². The predicted octanol–water partition coefficient (Wildman–Crippen LogP) is 3.18. The molecule has 132 valence electrons. The molecule has 26 heavy (non-hydrogen) atoms. The molecular formula is C20H20N4O2. The maximum Gasteiger partial charge on any atom is 0.270 e. The Labute approximate surface area is 152 Å². The first kappa shape index (κ1) is 17.4. The van der Waals surface area contributed by atoms with E-state index in [-0.39, 0.29) is 5.91 Å². The van der Waals surface area contributed by atoms with E-state index in [9.17, 15) is 4.79 Å². The van der Waals surface area contributed by atoms with Crippen LogP contribution in [0.15, 0.2) is 67.0 Å². The van der Waals surface area contributed by atoms with Gasteiger partial charge in [0, 0.05) is 25.3 Å². The molecule has 3 aromatic rings. The number of benzene rings is 2. The van der Waals surface area contributed by atoms with Gasteiger partial charge in [0.05, 0.1) is 7.11 Å². The topological polar surface area (TPSA) is 67.3 Å². The number of hydrogen-bond donors (Lipinski definition) is 1. The number of aromatic nitrogens is 2. The smallest absolute Gasteiger partial charge is 0.270 e. The van der Waals surface area contributed by atoms with Crippen molar-refractivity contribution < 1.29 is 9.53 Å². The molecule has 3 rings (SSSR count). The Kier molecular flexibility index (Phi) is 5.43. The van der Waals surface area contributed by atoms with Gasteiger partial charge in [-0.3, -0.25) is 4.79 Å². The van der Waals surface area contributed by atoms with E-state index >= 15 is 0 Å². The van der Waals surface area contributed by atoms with E-state index in [4.69, 9.17) is 4.74 Å². The Morgan fingerprint density at radius 3 is 2.50 bits per heavy atom. The molecule has 1 amide bonds. The van der Waals surface area contributed by atoms with Crippen LogP contribution in [0.2, 0.25) is 0 Å². The standard InChI is InChI=1S/C20H20N4O2/c1-24(16-6-4-3-5-7-16)19-12-18(22-14-23-19)20(25)21-13-15-8-10-17(26-2)11-9-15/h3-12,14H,13H2,1-2H3,(H,21,25). The van der Waals surface area contributed by atoms with Crippen LogP contribution in [-0.4, -0.2) is 30.0 Å². The molecule has 0 fully saturated rings. The average molecular weight is 348 g/mol. The number of nitrogens with zero attached hydrogens (tertiary/aromatic N) is 3. The van der Waals surface area contributed by atoms with Gasteiger partial charge in [0.1, 0.15) is 23.6 Å². The number of hydrogen-bond acceptors (Lipinski definition) is 5. The Balaban J connectivity index is 1.67. The minimum atomic E-state index is -0.245. The molecule has 6 nitrogen and oxygen atoms in total. The summed E-state index contributed by atoms with van der Waals surface area (Å²) in [6, 6.07) is 19.0. The number of amides is 1. The second-order valence-corrected chi connectivity index (χ2v) is 5.69. The molecule has 1 aromatic heterocycles. The van der Waals surface area contributed by atoms with Crippen LogP contribution in [0.25, 0.3) is 0 Å². The van der Waals surface area contributed by atoms with Crippen molar-refractivity contribution >= 4 is 17.4 Å². The van der Waals surface area contributed by atoms with Gasteiger partial charge in [-0.15, -0.1) is 0 Å². The summed E-state index contributed by atoms with van der Waals surface area (Å²) in [6.45, 7) is 0.413. The zero-order valence-corrected chi connectivity index (χ0v) is 14.7. The lowest BCUT2D eigenvalue weighted by Gasteiger charge is -2.18. The quantitative estimate of drug-likeness (QED) is 0.741. The van der Waals surface area contributed by atoms with Crippen LogP contribution in [0.3, 0.4) is 0 Å². The molecule has 0 saturated heterocycles. The molecule has 0 aliphatic rings. The summed E-state index contributed by atoms with van der Waals surface area (Å²) in [4.78, 5) is 22.7. The molecule has 0 saturated carbocycles. The highest BCUT2D eigenvalue weighted by Crippen LogP contribution is 2.21. The second-order valence-electron chi connectivity index (χ2n) is 5.69. The lowest BCUT2D eigenvalue weighted by molar-refractivity contribution is 0.0946. The summed E-state index contributed by atoms with van der Waals surface area (Å²) in [5, 5.41) is 2.87. The van der Waals surface area contributed by atoms with Gasteiger partial charge in [0.15, 0.2) is 0 Å². The zero-order chi connectivity index (χ0) is 18.4. The highest BCUT2D eigenvalue weighted by atomic mass is 16.5. The third-order valence-corrected chi connectivity index (χ3v) is 3.98. The van der Waals surface area contributed by atoms with Gasteiger partial charge < -0.3 is 15.0 Å². The van der Waals surface area contributed by atoms with Crippen molar-refractivity contribution in [3.8, 4) is 5.75 Å². The highest BCUT2D eigenvalue weighted by Gasteiger charge is 2.11. The maximum atomic E-state index is 12.4. The zero-order valence-electron chi connectivity index (χ0n) is 14.7. The van der Waals surface area contributed by atoms with Gasteiger partial charge in [0.25, 0.3) is 5.91 Å². The van der Waals surface area contributed by atoms with Crippen LogP contribution in [0.5, 0.6) is 5.75 Å². The van der Waals surface area contributed by atoms with Crippen LogP contribution < -0.4 is 15.0 Å². The van der Waals surface area contributed by atoms with Crippen LogP contribution in [0.1, 0.15) is 16.1 Å². The summed E-state index contributed by atoms with van der Waals surface area (Å²) < 4.78 is 5.13. The first-order valence-corrected chi connectivity index (χ1v) is 8.19. The summed E-state index contributed by atoms with van der Waals surface area (Å²) in [6.07, 6.45) is 1.40. The van der Waals surface area contributed by atoms with Crippen LogP contribution >= 0.6 is 0 Å². The summed E-state index contributed by atoms with van der Waals surface area (Å²) >= 11 is 0. The minimum Gasteiger partial charge on any atom is -0.497 e. The van der Waals surface area contributed by atoms with Gasteiger partial charge in [0.2, 0.25) is 0 Å². The van der Waals surface area contributed by atoms with E-state index in [0.29, 0.717) is 18.1 Å².